The van der Waals surface area contributed by atoms with Crippen molar-refractivity contribution in [1.29, 1.82) is 0 Å². The Kier molecular flexibility index (Phi) is 3.80. The van der Waals surface area contributed by atoms with E-state index in [-0.39, 0.29) is 5.78 Å². The fourth-order valence-corrected chi connectivity index (χ4v) is 2.57. The monoisotopic (exact) mass is 254 g/mol. The molecule has 5 heteroatoms. The molecule has 1 rings (SSSR count). The molecule has 1 aromatic heterocycles. The van der Waals surface area contributed by atoms with Gasteiger partial charge in [0.05, 0.1) is 5.02 Å². The van der Waals surface area contributed by atoms with Gasteiger partial charge in [-0.05, 0) is 19.1 Å². The van der Waals surface area contributed by atoms with E-state index in [0.717, 1.165) is 0 Å². The molecule has 0 amide bonds. The summed E-state index contributed by atoms with van der Waals surface area (Å²) in [5, 5.41) is 0.397. The van der Waals surface area contributed by atoms with Gasteiger partial charge in [-0.1, -0.05) is 34.8 Å². The fourth-order valence-electron chi connectivity index (χ4n) is 0.710. The van der Waals surface area contributed by atoms with E-state index in [1.54, 1.807) is 6.08 Å². The molecule has 1 heterocycles. The largest absolute Gasteiger partial charge is 0.295 e. The molecule has 0 aliphatic rings. The number of hydrogen-bond donors (Lipinski definition) is 0. The summed E-state index contributed by atoms with van der Waals surface area (Å²) in [6.07, 6.45) is 2.96. The molecule has 0 spiro atoms. The molecule has 0 aliphatic carbocycles. The maximum Gasteiger partial charge on any atom is 0.152 e. The van der Waals surface area contributed by atoms with Gasteiger partial charge in [0.2, 0.25) is 0 Å². The van der Waals surface area contributed by atoms with Crippen LogP contribution in [-0.2, 0) is 4.79 Å². The molecule has 0 bridgehead atoms. The van der Waals surface area contributed by atoms with E-state index >= 15 is 0 Å². The Bertz CT molecular complexity index is 368. The second-order valence-electron chi connectivity index (χ2n) is 2.32. The lowest BCUT2D eigenvalue weighted by Gasteiger charge is -1.89. The minimum absolute atomic E-state index is 0.0607. The molecule has 0 unspecified atom stereocenters. The van der Waals surface area contributed by atoms with Crippen molar-refractivity contribution in [1.82, 2.24) is 0 Å². The zero-order valence-electron chi connectivity index (χ0n) is 6.61. The average molecular weight is 256 g/mol. The van der Waals surface area contributed by atoms with Crippen molar-refractivity contribution in [2.45, 2.75) is 6.92 Å². The topological polar surface area (TPSA) is 17.1 Å². The molecule has 0 fully saturated rings. The molecule has 0 aromatic carbocycles. The number of carbonyl (C=O) groups is 1. The van der Waals surface area contributed by atoms with E-state index < -0.39 is 0 Å². The normalized spacial score (nSPS) is 11.1. The Hall–Kier alpha value is -0.0200. The Labute approximate surface area is 94.9 Å². The zero-order chi connectivity index (χ0) is 10.0. The van der Waals surface area contributed by atoms with Gasteiger partial charge in [0.15, 0.2) is 5.78 Å². The van der Waals surface area contributed by atoms with Gasteiger partial charge in [-0.3, -0.25) is 4.79 Å². The highest BCUT2D eigenvalue weighted by Crippen LogP contribution is 2.40. The molecular formula is C8H5Cl3OS. The lowest BCUT2D eigenvalue weighted by molar-refractivity contribution is -0.112. The van der Waals surface area contributed by atoms with Gasteiger partial charge in [0.25, 0.3) is 0 Å². The summed E-state index contributed by atoms with van der Waals surface area (Å²) in [5.41, 5.74) is 0.605. The minimum Gasteiger partial charge on any atom is -0.295 e. The molecule has 13 heavy (non-hydrogen) atoms. The molecule has 0 radical (unpaired) electrons. The third-order valence-corrected chi connectivity index (χ3v) is 3.52. The van der Waals surface area contributed by atoms with Crippen LogP contribution in [0.2, 0.25) is 13.7 Å². The highest BCUT2D eigenvalue weighted by molar-refractivity contribution is 7.20. The first-order chi connectivity index (χ1) is 6.02. The van der Waals surface area contributed by atoms with Gasteiger partial charge < -0.3 is 0 Å². The molecule has 70 valence electrons. The molecule has 0 N–H and O–H groups in total. The van der Waals surface area contributed by atoms with Gasteiger partial charge >= 0.3 is 0 Å². The van der Waals surface area contributed by atoms with E-state index in [0.29, 0.717) is 19.3 Å². The fraction of sp³-hybridized carbons (Fsp3) is 0.125. The maximum atomic E-state index is 10.6. The Morgan fingerprint density at radius 2 is 1.92 bits per heavy atom. The molecule has 0 saturated heterocycles. The Morgan fingerprint density at radius 1 is 1.31 bits per heavy atom. The summed E-state index contributed by atoms with van der Waals surface area (Å²) in [4.78, 5) is 10.6. The van der Waals surface area contributed by atoms with Gasteiger partial charge in [-0.15, -0.1) is 11.3 Å². The number of halogens is 3. The first kappa shape index (κ1) is 11.1. The second-order valence-corrected chi connectivity index (χ2v) is 4.92. The molecule has 0 aliphatic heterocycles. The van der Waals surface area contributed by atoms with Crippen LogP contribution in [0.15, 0.2) is 6.08 Å². The number of hydrogen-bond acceptors (Lipinski definition) is 2. The highest BCUT2D eigenvalue weighted by atomic mass is 35.5. The van der Waals surface area contributed by atoms with Gasteiger partial charge in [0, 0.05) is 5.56 Å². The van der Waals surface area contributed by atoms with Crippen LogP contribution in [0.5, 0.6) is 0 Å². The van der Waals surface area contributed by atoms with Crippen molar-refractivity contribution < 1.29 is 4.79 Å². The molecule has 1 nitrogen and oxygen atoms in total. The average Bonchev–Trinajstić information content (AvgIpc) is 2.24. The van der Waals surface area contributed by atoms with E-state index in [2.05, 4.69) is 0 Å². The predicted octanol–water partition coefficient (Wildman–Crippen LogP) is 4.31. The lowest BCUT2D eigenvalue weighted by Crippen LogP contribution is -1.79. The van der Waals surface area contributed by atoms with Crippen LogP contribution < -0.4 is 0 Å². The molecular weight excluding hydrogens is 251 g/mol. The van der Waals surface area contributed by atoms with Crippen molar-refractivity contribution >= 4 is 58.0 Å². The molecule has 1 aromatic rings. The summed E-state index contributed by atoms with van der Waals surface area (Å²) < 4.78 is 0.933. The predicted molar refractivity (Wildman–Crippen MR) is 59.1 cm³/mol. The maximum absolute atomic E-state index is 10.6. The van der Waals surface area contributed by atoms with E-state index in [4.69, 9.17) is 34.8 Å². The van der Waals surface area contributed by atoms with Crippen LogP contribution >= 0.6 is 46.1 Å². The van der Waals surface area contributed by atoms with Crippen molar-refractivity contribution in [3.63, 3.8) is 0 Å². The van der Waals surface area contributed by atoms with E-state index in [1.807, 2.05) is 0 Å². The summed E-state index contributed by atoms with van der Waals surface area (Å²) in [6.45, 7) is 1.45. The van der Waals surface area contributed by atoms with Crippen LogP contribution in [0, 0.1) is 0 Å². The van der Waals surface area contributed by atoms with Crippen LogP contribution in [-0.4, -0.2) is 5.78 Å². The second kappa shape index (κ2) is 4.47. The number of rotatable bonds is 2. The lowest BCUT2D eigenvalue weighted by atomic mass is 10.3. The number of ketones is 1. The molecule has 0 saturated carbocycles. The first-order valence-electron chi connectivity index (χ1n) is 3.34. The van der Waals surface area contributed by atoms with Gasteiger partial charge in [-0.25, -0.2) is 0 Å². The Balaban J connectivity index is 3.07. The van der Waals surface area contributed by atoms with Crippen molar-refractivity contribution in [2.24, 2.45) is 0 Å². The Morgan fingerprint density at radius 3 is 2.31 bits per heavy atom. The first-order valence-corrected chi connectivity index (χ1v) is 5.29. The third-order valence-electron chi connectivity index (χ3n) is 1.28. The quantitative estimate of drug-likeness (QED) is 0.720. The van der Waals surface area contributed by atoms with Crippen LogP contribution in [0.4, 0.5) is 0 Å². The van der Waals surface area contributed by atoms with E-state index in [9.17, 15) is 4.79 Å². The van der Waals surface area contributed by atoms with Crippen LogP contribution in [0.25, 0.3) is 6.08 Å². The number of allylic oxidation sites excluding steroid dienone is 1. The van der Waals surface area contributed by atoms with Crippen molar-refractivity contribution in [2.75, 3.05) is 0 Å². The van der Waals surface area contributed by atoms with Crippen molar-refractivity contribution in [3.8, 4) is 0 Å². The third kappa shape index (κ3) is 2.71. The van der Waals surface area contributed by atoms with Crippen LogP contribution in [0.3, 0.4) is 0 Å². The summed E-state index contributed by atoms with van der Waals surface area (Å²) >= 11 is 18.6. The SMILES string of the molecule is CC(=O)C=Cc1c(Cl)sc(Cl)c1Cl. The van der Waals surface area contributed by atoms with Gasteiger partial charge in [-0.2, -0.15) is 0 Å². The molecule has 0 atom stereocenters. The van der Waals surface area contributed by atoms with Crippen molar-refractivity contribution in [3.05, 3.63) is 25.3 Å². The minimum atomic E-state index is -0.0607. The number of carbonyl (C=O) groups excluding carboxylic acids is 1. The van der Waals surface area contributed by atoms with Crippen LogP contribution in [0.1, 0.15) is 12.5 Å². The summed E-state index contributed by atoms with van der Waals surface area (Å²) in [5.74, 6) is -0.0607. The smallest absolute Gasteiger partial charge is 0.152 e. The number of thiophene rings is 1. The summed E-state index contributed by atoms with van der Waals surface area (Å²) in [7, 11) is 0. The van der Waals surface area contributed by atoms with Gasteiger partial charge in [0.1, 0.15) is 8.67 Å². The summed E-state index contributed by atoms with van der Waals surface area (Å²) in [6, 6.07) is 0. The zero-order valence-corrected chi connectivity index (χ0v) is 9.69. The van der Waals surface area contributed by atoms with E-state index in [1.165, 1.54) is 24.3 Å². The standard InChI is InChI=1S/C8H5Cl3OS/c1-4(12)2-3-5-6(9)8(11)13-7(5)10/h2-3H,1H3. The highest BCUT2D eigenvalue weighted by Gasteiger charge is 2.11.